The van der Waals surface area contributed by atoms with E-state index in [9.17, 15) is 15.0 Å². The molecule has 2 rings (SSSR count). The van der Waals surface area contributed by atoms with Crippen LogP contribution in [0, 0.1) is 0 Å². The number of benzene rings is 1. The van der Waals surface area contributed by atoms with Gasteiger partial charge in [-0.1, -0.05) is 37.3 Å². The van der Waals surface area contributed by atoms with Gasteiger partial charge in [0.1, 0.15) is 18.3 Å². The molecule has 19 heavy (non-hydrogen) atoms. The van der Waals surface area contributed by atoms with Crippen LogP contribution in [0.15, 0.2) is 30.3 Å². The van der Waals surface area contributed by atoms with Crippen molar-refractivity contribution in [1.29, 1.82) is 0 Å². The summed E-state index contributed by atoms with van der Waals surface area (Å²) >= 11 is 0. The molecule has 1 fully saturated rings. The van der Waals surface area contributed by atoms with E-state index in [1.165, 1.54) is 0 Å². The monoisotopic (exact) mass is 266 g/mol. The fourth-order valence-corrected chi connectivity index (χ4v) is 2.06. The summed E-state index contributed by atoms with van der Waals surface area (Å²) in [7, 11) is 0. The van der Waals surface area contributed by atoms with Crippen molar-refractivity contribution in [1.82, 2.24) is 0 Å². The van der Waals surface area contributed by atoms with Crippen LogP contribution in [-0.2, 0) is 20.9 Å². The summed E-state index contributed by atoms with van der Waals surface area (Å²) in [5.41, 5.74) is 0.923. The quantitative estimate of drug-likeness (QED) is 0.817. The molecule has 0 bridgehead atoms. The first-order valence-electron chi connectivity index (χ1n) is 6.33. The summed E-state index contributed by atoms with van der Waals surface area (Å²) in [5.74, 6) is -0.239. The number of Topliss-reactive ketones (excluding diaryl/α,β-unsaturated/α-hetero) is 1. The molecule has 5 nitrogen and oxygen atoms in total. The van der Waals surface area contributed by atoms with Crippen LogP contribution in [0.5, 0.6) is 0 Å². The SMILES string of the molecule is CCC(=O)[C@@H]1O[C@@H](O)[C@H](OCc2ccccc2)[C@H]1O. The maximum Gasteiger partial charge on any atom is 0.184 e. The lowest BCUT2D eigenvalue weighted by atomic mass is 10.1. The molecule has 0 amide bonds. The molecule has 0 unspecified atom stereocenters. The normalized spacial score (nSPS) is 30.5. The van der Waals surface area contributed by atoms with Crippen molar-refractivity contribution < 1.29 is 24.5 Å². The number of hydrogen-bond acceptors (Lipinski definition) is 5. The number of ketones is 1. The lowest BCUT2D eigenvalue weighted by Gasteiger charge is -2.17. The van der Waals surface area contributed by atoms with Crippen molar-refractivity contribution in [2.45, 2.75) is 44.6 Å². The van der Waals surface area contributed by atoms with Crippen molar-refractivity contribution in [2.75, 3.05) is 0 Å². The smallest absolute Gasteiger partial charge is 0.184 e. The minimum absolute atomic E-state index is 0.239. The van der Waals surface area contributed by atoms with Gasteiger partial charge in [-0.15, -0.1) is 0 Å². The van der Waals surface area contributed by atoms with Gasteiger partial charge in [-0.3, -0.25) is 4.79 Å². The molecule has 1 saturated heterocycles. The van der Waals surface area contributed by atoms with Gasteiger partial charge in [0.05, 0.1) is 6.61 Å². The van der Waals surface area contributed by atoms with Crippen LogP contribution in [0.3, 0.4) is 0 Å². The molecule has 1 aromatic carbocycles. The molecular weight excluding hydrogens is 248 g/mol. The third kappa shape index (κ3) is 3.19. The first-order valence-corrected chi connectivity index (χ1v) is 6.33. The van der Waals surface area contributed by atoms with Crippen molar-refractivity contribution in [3.8, 4) is 0 Å². The maximum atomic E-state index is 11.5. The molecule has 1 aliphatic heterocycles. The van der Waals surface area contributed by atoms with Gasteiger partial charge in [0.15, 0.2) is 12.1 Å². The van der Waals surface area contributed by atoms with E-state index >= 15 is 0 Å². The maximum absolute atomic E-state index is 11.5. The van der Waals surface area contributed by atoms with Gasteiger partial charge in [0.25, 0.3) is 0 Å². The minimum Gasteiger partial charge on any atom is -0.387 e. The Morgan fingerprint density at radius 3 is 2.63 bits per heavy atom. The molecular formula is C14H18O5. The Morgan fingerprint density at radius 1 is 1.32 bits per heavy atom. The van der Waals surface area contributed by atoms with Crippen LogP contribution in [-0.4, -0.2) is 40.6 Å². The Balaban J connectivity index is 1.95. The van der Waals surface area contributed by atoms with Crippen LogP contribution in [0.2, 0.25) is 0 Å². The van der Waals surface area contributed by atoms with E-state index in [0.29, 0.717) is 0 Å². The topological polar surface area (TPSA) is 76.0 Å². The zero-order valence-electron chi connectivity index (χ0n) is 10.7. The number of aliphatic hydroxyl groups excluding tert-OH is 2. The number of ether oxygens (including phenoxy) is 2. The van der Waals surface area contributed by atoms with Crippen molar-refractivity contribution in [3.05, 3.63) is 35.9 Å². The highest BCUT2D eigenvalue weighted by atomic mass is 16.7. The highest BCUT2D eigenvalue weighted by Crippen LogP contribution is 2.24. The summed E-state index contributed by atoms with van der Waals surface area (Å²) in [6, 6.07) is 9.40. The Bertz CT molecular complexity index is 419. The molecule has 1 heterocycles. The third-order valence-electron chi connectivity index (χ3n) is 3.16. The minimum atomic E-state index is -1.28. The summed E-state index contributed by atoms with van der Waals surface area (Å²) in [6.45, 7) is 1.93. The number of rotatable bonds is 5. The third-order valence-corrected chi connectivity index (χ3v) is 3.16. The highest BCUT2D eigenvalue weighted by Gasteiger charge is 2.46. The second-order valence-corrected chi connectivity index (χ2v) is 4.52. The molecule has 5 heteroatoms. The Hall–Kier alpha value is -1.27. The molecule has 0 spiro atoms. The van der Waals surface area contributed by atoms with Gasteiger partial charge in [-0.25, -0.2) is 0 Å². The van der Waals surface area contributed by atoms with Crippen LogP contribution in [0.25, 0.3) is 0 Å². The van der Waals surface area contributed by atoms with Gasteiger partial charge in [0.2, 0.25) is 0 Å². The average molecular weight is 266 g/mol. The number of aliphatic hydroxyl groups is 2. The predicted octanol–water partition coefficient (Wildman–Crippen LogP) is 0.629. The number of hydrogen-bond donors (Lipinski definition) is 2. The van der Waals surface area contributed by atoms with E-state index in [2.05, 4.69) is 0 Å². The van der Waals surface area contributed by atoms with E-state index in [0.717, 1.165) is 5.56 Å². The second kappa shape index (κ2) is 6.25. The molecule has 0 aromatic heterocycles. The lowest BCUT2D eigenvalue weighted by Crippen LogP contribution is -2.37. The molecule has 2 N–H and O–H groups in total. The Morgan fingerprint density at radius 2 is 2.00 bits per heavy atom. The van der Waals surface area contributed by atoms with E-state index < -0.39 is 24.6 Å². The first-order chi connectivity index (χ1) is 9.13. The van der Waals surface area contributed by atoms with Gasteiger partial charge >= 0.3 is 0 Å². The van der Waals surface area contributed by atoms with Crippen LogP contribution < -0.4 is 0 Å². The van der Waals surface area contributed by atoms with Crippen molar-refractivity contribution in [2.24, 2.45) is 0 Å². The standard InChI is InChI=1S/C14H18O5/c1-2-10(15)12-11(16)13(14(17)19-12)18-8-9-6-4-3-5-7-9/h3-7,11-14,16-17H,2,8H2,1H3/t11-,12-,13+,14+/m0/s1. The van der Waals surface area contributed by atoms with Gasteiger partial charge < -0.3 is 19.7 Å². The molecule has 1 aliphatic rings. The van der Waals surface area contributed by atoms with E-state index in [-0.39, 0.29) is 18.8 Å². The fourth-order valence-electron chi connectivity index (χ4n) is 2.06. The summed E-state index contributed by atoms with van der Waals surface area (Å²) in [4.78, 5) is 11.5. The average Bonchev–Trinajstić information content (AvgIpc) is 2.72. The van der Waals surface area contributed by atoms with Crippen LogP contribution in [0.4, 0.5) is 0 Å². The van der Waals surface area contributed by atoms with Crippen molar-refractivity contribution >= 4 is 5.78 Å². The highest BCUT2D eigenvalue weighted by molar-refractivity contribution is 5.83. The lowest BCUT2D eigenvalue weighted by molar-refractivity contribution is -0.156. The largest absolute Gasteiger partial charge is 0.387 e. The van der Waals surface area contributed by atoms with E-state index in [4.69, 9.17) is 9.47 Å². The summed E-state index contributed by atoms with van der Waals surface area (Å²) < 4.78 is 10.5. The Labute approximate surface area is 111 Å². The molecule has 0 radical (unpaired) electrons. The van der Waals surface area contributed by atoms with Gasteiger partial charge in [-0.05, 0) is 5.56 Å². The summed E-state index contributed by atoms with van der Waals surface area (Å²) in [5, 5.41) is 19.7. The van der Waals surface area contributed by atoms with Crippen LogP contribution in [0.1, 0.15) is 18.9 Å². The van der Waals surface area contributed by atoms with E-state index in [1.54, 1.807) is 6.92 Å². The summed E-state index contributed by atoms with van der Waals surface area (Å²) in [6.07, 6.45) is -4.06. The van der Waals surface area contributed by atoms with Crippen molar-refractivity contribution in [3.63, 3.8) is 0 Å². The Kier molecular flexibility index (Phi) is 4.66. The van der Waals surface area contributed by atoms with E-state index in [1.807, 2.05) is 30.3 Å². The first kappa shape index (κ1) is 14.1. The molecule has 104 valence electrons. The molecule has 0 saturated carbocycles. The zero-order chi connectivity index (χ0) is 13.8. The number of carbonyl (C=O) groups is 1. The predicted molar refractivity (Wildman–Crippen MR) is 67.2 cm³/mol. The van der Waals surface area contributed by atoms with Gasteiger partial charge in [-0.2, -0.15) is 0 Å². The zero-order valence-corrected chi connectivity index (χ0v) is 10.7. The van der Waals surface area contributed by atoms with Crippen LogP contribution >= 0.6 is 0 Å². The number of carbonyl (C=O) groups excluding carboxylic acids is 1. The molecule has 1 aromatic rings. The molecule has 4 atom stereocenters. The fraction of sp³-hybridized carbons (Fsp3) is 0.500. The molecule has 0 aliphatic carbocycles. The second-order valence-electron chi connectivity index (χ2n) is 4.52. The van der Waals surface area contributed by atoms with Gasteiger partial charge in [0, 0.05) is 6.42 Å².